The van der Waals surface area contributed by atoms with Gasteiger partial charge < -0.3 is 15.3 Å². The number of carbonyl (C=O) groups is 1. The summed E-state index contributed by atoms with van der Waals surface area (Å²) in [5.74, 6) is -1.18. The van der Waals surface area contributed by atoms with Gasteiger partial charge in [-0.3, -0.25) is 0 Å². The van der Waals surface area contributed by atoms with Crippen molar-refractivity contribution in [2.75, 3.05) is 25.5 Å². The molecule has 4 N–H and O–H groups in total. The van der Waals surface area contributed by atoms with Crippen molar-refractivity contribution in [3.63, 3.8) is 0 Å². The Morgan fingerprint density at radius 1 is 1.38 bits per heavy atom. The van der Waals surface area contributed by atoms with Gasteiger partial charge in [-0.2, -0.15) is 0 Å². The average molecular weight is 313 g/mol. The summed E-state index contributed by atoms with van der Waals surface area (Å²) in [5, 5.41) is 17.5. The van der Waals surface area contributed by atoms with Gasteiger partial charge in [0.1, 0.15) is 0 Å². The predicted octanol–water partition coefficient (Wildman–Crippen LogP) is 0.538. The van der Waals surface area contributed by atoms with Crippen molar-refractivity contribution in [1.82, 2.24) is 4.90 Å². The standard InChI is InChI=1S/C13H19N3O4S/c1-16-6-4-9(5-7-16)15-12-3-2-10(21(14,19)20)8-11(12)13(17)18/h2-3,8-9,15H,4-7H2,1H3,(H,17,18)(H2,14,19,20). The number of nitrogens with two attached hydrogens (primary N) is 1. The minimum absolute atomic E-state index is 0.0829. The lowest BCUT2D eigenvalue weighted by Crippen LogP contribution is -2.37. The van der Waals surface area contributed by atoms with Crippen LogP contribution in [0.1, 0.15) is 23.2 Å². The average Bonchev–Trinajstić information content (AvgIpc) is 2.40. The number of piperidine rings is 1. The molecule has 1 aliphatic heterocycles. The minimum Gasteiger partial charge on any atom is -0.478 e. The fourth-order valence-corrected chi connectivity index (χ4v) is 2.92. The van der Waals surface area contributed by atoms with Gasteiger partial charge in [-0.05, 0) is 51.2 Å². The molecule has 1 aliphatic rings. The highest BCUT2D eigenvalue weighted by molar-refractivity contribution is 7.89. The molecule has 0 radical (unpaired) electrons. The number of sulfonamides is 1. The van der Waals surface area contributed by atoms with Crippen LogP contribution in [0.3, 0.4) is 0 Å². The molecular formula is C13H19N3O4S. The first-order chi connectivity index (χ1) is 9.77. The van der Waals surface area contributed by atoms with E-state index in [2.05, 4.69) is 10.2 Å². The second kappa shape index (κ2) is 6.00. The number of nitrogens with one attached hydrogen (secondary N) is 1. The molecular weight excluding hydrogens is 294 g/mol. The van der Waals surface area contributed by atoms with Gasteiger partial charge in [-0.1, -0.05) is 0 Å². The molecule has 8 heteroatoms. The Bertz CT molecular complexity index is 637. The van der Waals surface area contributed by atoms with E-state index in [0.29, 0.717) is 5.69 Å². The van der Waals surface area contributed by atoms with Crippen molar-refractivity contribution in [3.8, 4) is 0 Å². The van der Waals surface area contributed by atoms with Crippen molar-refractivity contribution in [2.45, 2.75) is 23.8 Å². The Balaban J connectivity index is 2.25. The maximum atomic E-state index is 11.3. The van der Waals surface area contributed by atoms with Gasteiger partial charge in [0.25, 0.3) is 0 Å². The third-order valence-electron chi connectivity index (χ3n) is 3.63. The van der Waals surface area contributed by atoms with Gasteiger partial charge in [0.05, 0.1) is 10.5 Å². The molecule has 0 aliphatic carbocycles. The summed E-state index contributed by atoms with van der Waals surface area (Å²) in [6, 6.07) is 4.05. The number of hydrogen-bond donors (Lipinski definition) is 3. The number of carboxylic acids is 1. The summed E-state index contributed by atoms with van der Waals surface area (Å²) >= 11 is 0. The van der Waals surface area contributed by atoms with Crippen molar-refractivity contribution in [2.24, 2.45) is 5.14 Å². The molecule has 0 aromatic heterocycles. The van der Waals surface area contributed by atoms with Crippen LogP contribution in [-0.4, -0.2) is 50.6 Å². The molecule has 0 amide bonds. The Labute approximate surface area is 123 Å². The van der Waals surface area contributed by atoms with E-state index in [1.165, 1.54) is 12.1 Å². The summed E-state index contributed by atoms with van der Waals surface area (Å²) in [6.07, 6.45) is 1.82. The Morgan fingerprint density at radius 3 is 2.52 bits per heavy atom. The van der Waals surface area contributed by atoms with Gasteiger partial charge >= 0.3 is 5.97 Å². The molecule has 0 spiro atoms. The molecule has 1 heterocycles. The van der Waals surface area contributed by atoms with Crippen LogP contribution in [0.2, 0.25) is 0 Å². The summed E-state index contributed by atoms with van der Waals surface area (Å²) < 4.78 is 22.6. The largest absolute Gasteiger partial charge is 0.478 e. The van der Waals surface area contributed by atoms with E-state index in [1.807, 2.05) is 7.05 Å². The molecule has 0 atom stereocenters. The number of likely N-dealkylation sites (tertiary alicyclic amines) is 1. The quantitative estimate of drug-likeness (QED) is 0.748. The van der Waals surface area contributed by atoms with E-state index in [9.17, 15) is 18.3 Å². The smallest absolute Gasteiger partial charge is 0.337 e. The van der Waals surface area contributed by atoms with Crippen LogP contribution in [0, 0.1) is 0 Å². The molecule has 2 rings (SSSR count). The van der Waals surface area contributed by atoms with Gasteiger partial charge in [-0.15, -0.1) is 0 Å². The third kappa shape index (κ3) is 3.93. The van der Waals surface area contributed by atoms with Crippen LogP contribution in [-0.2, 0) is 10.0 Å². The number of nitrogens with zero attached hydrogens (tertiary/aromatic N) is 1. The normalized spacial score (nSPS) is 17.6. The topological polar surface area (TPSA) is 113 Å². The van der Waals surface area contributed by atoms with Crippen LogP contribution in [0.5, 0.6) is 0 Å². The highest BCUT2D eigenvalue weighted by Crippen LogP contribution is 2.23. The number of aromatic carboxylic acids is 1. The van der Waals surface area contributed by atoms with E-state index in [-0.39, 0.29) is 16.5 Å². The maximum Gasteiger partial charge on any atom is 0.337 e. The molecule has 1 aromatic rings. The molecule has 1 saturated heterocycles. The first-order valence-electron chi connectivity index (χ1n) is 6.62. The molecule has 116 valence electrons. The van der Waals surface area contributed by atoms with E-state index in [0.717, 1.165) is 32.0 Å². The molecule has 21 heavy (non-hydrogen) atoms. The second-order valence-electron chi connectivity index (χ2n) is 5.28. The van der Waals surface area contributed by atoms with Crippen molar-refractivity contribution >= 4 is 21.7 Å². The van der Waals surface area contributed by atoms with Gasteiger partial charge in [0.2, 0.25) is 10.0 Å². The van der Waals surface area contributed by atoms with Crippen LogP contribution >= 0.6 is 0 Å². The lowest BCUT2D eigenvalue weighted by atomic mass is 10.0. The van der Waals surface area contributed by atoms with E-state index >= 15 is 0 Å². The molecule has 0 bridgehead atoms. The monoisotopic (exact) mass is 313 g/mol. The van der Waals surface area contributed by atoms with E-state index < -0.39 is 16.0 Å². The number of primary sulfonamides is 1. The summed E-state index contributed by atoms with van der Waals surface area (Å²) in [4.78, 5) is 13.3. The van der Waals surface area contributed by atoms with Crippen molar-refractivity contribution in [1.29, 1.82) is 0 Å². The summed E-state index contributed by atoms with van der Waals surface area (Å²) in [7, 11) is -1.87. The van der Waals surface area contributed by atoms with Gasteiger partial charge in [0.15, 0.2) is 0 Å². The Morgan fingerprint density at radius 2 is 2.00 bits per heavy atom. The summed E-state index contributed by atoms with van der Waals surface area (Å²) in [5.41, 5.74) is 0.338. The molecule has 0 saturated carbocycles. The third-order valence-corrected chi connectivity index (χ3v) is 4.54. The second-order valence-corrected chi connectivity index (χ2v) is 6.84. The lowest BCUT2D eigenvalue weighted by Gasteiger charge is -2.30. The Hall–Kier alpha value is -1.64. The number of anilines is 1. The van der Waals surface area contributed by atoms with Crippen LogP contribution in [0.15, 0.2) is 23.1 Å². The molecule has 1 aromatic carbocycles. The SMILES string of the molecule is CN1CCC(Nc2ccc(S(N)(=O)=O)cc2C(=O)O)CC1. The molecule has 0 unspecified atom stereocenters. The Kier molecular flexibility index (Phi) is 4.50. The van der Waals surface area contributed by atoms with E-state index in [1.54, 1.807) is 0 Å². The zero-order chi connectivity index (χ0) is 15.6. The number of rotatable bonds is 4. The molecule has 7 nitrogen and oxygen atoms in total. The minimum atomic E-state index is -3.91. The first-order valence-corrected chi connectivity index (χ1v) is 8.17. The van der Waals surface area contributed by atoms with Crippen LogP contribution < -0.4 is 10.5 Å². The predicted molar refractivity (Wildman–Crippen MR) is 78.9 cm³/mol. The van der Waals surface area contributed by atoms with Crippen LogP contribution in [0.4, 0.5) is 5.69 Å². The number of hydrogen-bond acceptors (Lipinski definition) is 5. The number of benzene rings is 1. The fraction of sp³-hybridized carbons (Fsp3) is 0.462. The summed E-state index contributed by atoms with van der Waals surface area (Å²) in [6.45, 7) is 1.88. The lowest BCUT2D eigenvalue weighted by molar-refractivity contribution is 0.0697. The van der Waals surface area contributed by atoms with Crippen molar-refractivity contribution < 1.29 is 18.3 Å². The highest BCUT2D eigenvalue weighted by Gasteiger charge is 2.20. The van der Waals surface area contributed by atoms with Crippen molar-refractivity contribution in [3.05, 3.63) is 23.8 Å². The highest BCUT2D eigenvalue weighted by atomic mass is 32.2. The van der Waals surface area contributed by atoms with Gasteiger partial charge in [0, 0.05) is 11.7 Å². The maximum absolute atomic E-state index is 11.3. The zero-order valence-electron chi connectivity index (χ0n) is 11.7. The van der Waals surface area contributed by atoms with Gasteiger partial charge in [-0.25, -0.2) is 18.4 Å². The van der Waals surface area contributed by atoms with E-state index in [4.69, 9.17) is 5.14 Å². The fourth-order valence-electron chi connectivity index (χ4n) is 2.38. The first kappa shape index (κ1) is 15.7. The van der Waals surface area contributed by atoms with Crippen LogP contribution in [0.25, 0.3) is 0 Å². The molecule has 1 fully saturated rings. The number of carboxylic acid groups (broad SMARTS) is 1. The zero-order valence-corrected chi connectivity index (χ0v) is 12.6.